The first-order valence-corrected chi connectivity index (χ1v) is 8.07. The van der Waals surface area contributed by atoms with Crippen LogP contribution in [0.5, 0.6) is 5.75 Å². The molecule has 2 rings (SSSR count). The molecule has 0 aliphatic carbocycles. The highest BCUT2D eigenvalue weighted by Gasteiger charge is 2.27. The SMILES string of the molecule is CC=C(C)C(=O)N1CCN(C(=O)C(C)=CC)c2ccc(O)cc2C1. The Balaban J connectivity index is 2.44. The lowest BCUT2D eigenvalue weighted by molar-refractivity contribution is -0.127. The largest absolute Gasteiger partial charge is 0.508 e. The number of allylic oxidation sites excluding steroid dienone is 2. The van der Waals surface area contributed by atoms with Crippen molar-refractivity contribution in [1.82, 2.24) is 4.90 Å². The van der Waals surface area contributed by atoms with Crippen molar-refractivity contribution in [3.8, 4) is 5.75 Å². The number of aromatic hydroxyl groups is 1. The van der Waals surface area contributed by atoms with Gasteiger partial charge in [0, 0.05) is 36.5 Å². The number of fused-ring (bicyclic) bond motifs is 1. The van der Waals surface area contributed by atoms with Crippen molar-refractivity contribution in [2.75, 3.05) is 18.0 Å². The van der Waals surface area contributed by atoms with E-state index in [1.165, 1.54) is 0 Å². The molecule has 5 heteroatoms. The van der Waals surface area contributed by atoms with E-state index in [4.69, 9.17) is 0 Å². The molecule has 1 aliphatic rings. The molecule has 0 radical (unpaired) electrons. The summed E-state index contributed by atoms with van der Waals surface area (Å²) in [6.07, 6.45) is 3.56. The van der Waals surface area contributed by atoms with Crippen molar-refractivity contribution in [1.29, 1.82) is 0 Å². The van der Waals surface area contributed by atoms with Crippen molar-refractivity contribution in [2.24, 2.45) is 0 Å². The van der Waals surface area contributed by atoms with Gasteiger partial charge in [-0.15, -0.1) is 0 Å². The quantitative estimate of drug-likeness (QED) is 0.849. The maximum Gasteiger partial charge on any atom is 0.253 e. The Kier molecular flexibility index (Phi) is 5.44. The van der Waals surface area contributed by atoms with Crippen molar-refractivity contribution in [3.05, 3.63) is 47.1 Å². The number of amides is 2. The highest BCUT2D eigenvalue weighted by atomic mass is 16.3. The molecule has 5 nitrogen and oxygen atoms in total. The van der Waals surface area contributed by atoms with Crippen LogP contribution < -0.4 is 4.90 Å². The van der Waals surface area contributed by atoms with Crippen LogP contribution in [0.2, 0.25) is 0 Å². The number of anilines is 1. The van der Waals surface area contributed by atoms with Crippen LogP contribution in [0.4, 0.5) is 5.69 Å². The van der Waals surface area contributed by atoms with Crippen molar-refractivity contribution >= 4 is 17.5 Å². The molecule has 1 N–H and O–H groups in total. The van der Waals surface area contributed by atoms with E-state index in [9.17, 15) is 14.7 Å². The van der Waals surface area contributed by atoms with Gasteiger partial charge in [-0.3, -0.25) is 9.59 Å². The summed E-state index contributed by atoms with van der Waals surface area (Å²) in [5.41, 5.74) is 2.83. The molecule has 0 saturated heterocycles. The van der Waals surface area contributed by atoms with Gasteiger partial charge in [0.1, 0.15) is 5.75 Å². The van der Waals surface area contributed by atoms with E-state index in [2.05, 4.69) is 0 Å². The number of phenols is 1. The van der Waals surface area contributed by atoms with Gasteiger partial charge in [0.05, 0.1) is 0 Å². The zero-order chi connectivity index (χ0) is 17.9. The molecule has 0 atom stereocenters. The Labute approximate surface area is 142 Å². The van der Waals surface area contributed by atoms with E-state index in [0.717, 1.165) is 11.3 Å². The lowest BCUT2D eigenvalue weighted by atomic mass is 10.1. The predicted molar refractivity (Wildman–Crippen MR) is 94.7 cm³/mol. The van der Waals surface area contributed by atoms with Gasteiger partial charge in [-0.2, -0.15) is 0 Å². The van der Waals surface area contributed by atoms with Gasteiger partial charge in [-0.05, 0) is 51.5 Å². The van der Waals surface area contributed by atoms with E-state index in [0.29, 0.717) is 30.8 Å². The molecular weight excluding hydrogens is 304 g/mol. The maximum atomic E-state index is 12.7. The van der Waals surface area contributed by atoms with Gasteiger partial charge in [0.2, 0.25) is 5.91 Å². The molecule has 1 aromatic carbocycles. The number of hydrogen-bond acceptors (Lipinski definition) is 3. The average molecular weight is 328 g/mol. The van der Waals surface area contributed by atoms with Crippen LogP contribution in [0.25, 0.3) is 0 Å². The molecule has 1 aliphatic heterocycles. The lowest BCUT2D eigenvalue weighted by Crippen LogP contribution is -2.38. The predicted octanol–water partition coefficient (Wildman–Crippen LogP) is 3.00. The van der Waals surface area contributed by atoms with Crippen LogP contribution in [0, 0.1) is 0 Å². The van der Waals surface area contributed by atoms with E-state index < -0.39 is 0 Å². The Morgan fingerprint density at radius 3 is 2.29 bits per heavy atom. The molecule has 0 fully saturated rings. The van der Waals surface area contributed by atoms with E-state index in [1.807, 2.05) is 13.8 Å². The van der Waals surface area contributed by atoms with Crippen LogP contribution in [0.3, 0.4) is 0 Å². The van der Waals surface area contributed by atoms with Gasteiger partial charge in [0.15, 0.2) is 0 Å². The van der Waals surface area contributed by atoms with Crippen LogP contribution in [-0.2, 0) is 16.1 Å². The number of rotatable bonds is 2. The molecule has 1 heterocycles. The summed E-state index contributed by atoms with van der Waals surface area (Å²) < 4.78 is 0. The van der Waals surface area contributed by atoms with Gasteiger partial charge in [-0.1, -0.05) is 12.2 Å². The third-order valence-corrected chi connectivity index (χ3v) is 4.38. The fourth-order valence-electron chi connectivity index (χ4n) is 2.68. The van der Waals surface area contributed by atoms with Gasteiger partial charge >= 0.3 is 0 Å². The van der Waals surface area contributed by atoms with Gasteiger partial charge in [-0.25, -0.2) is 0 Å². The zero-order valence-corrected chi connectivity index (χ0v) is 14.7. The molecule has 128 valence electrons. The first-order chi connectivity index (χ1) is 11.4. The van der Waals surface area contributed by atoms with Crippen molar-refractivity contribution in [3.63, 3.8) is 0 Å². The lowest BCUT2D eigenvalue weighted by Gasteiger charge is -2.23. The highest BCUT2D eigenvalue weighted by molar-refractivity contribution is 6.06. The second-order valence-corrected chi connectivity index (χ2v) is 5.94. The third-order valence-electron chi connectivity index (χ3n) is 4.38. The van der Waals surface area contributed by atoms with Crippen molar-refractivity contribution in [2.45, 2.75) is 34.2 Å². The van der Waals surface area contributed by atoms with E-state index >= 15 is 0 Å². The second kappa shape index (κ2) is 7.34. The molecule has 2 amide bonds. The summed E-state index contributed by atoms with van der Waals surface area (Å²) in [5.74, 6) is -0.00805. The minimum Gasteiger partial charge on any atom is -0.508 e. The number of phenolic OH excluding ortho intramolecular Hbond substituents is 1. The summed E-state index contributed by atoms with van der Waals surface area (Å²) in [7, 11) is 0. The molecule has 0 aromatic heterocycles. The molecule has 24 heavy (non-hydrogen) atoms. The van der Waals surface area contributed by atoms with Crippen LogP contribution in [-0.4, -0.2) is 34.9 Å². The summed E-state index contributed by atoms with van der Waals surface area (Å²) in [5, 5.41) is 9.81. The number of benzene rings is 1. The smallest absolute Gasteiger partial charge is 0.253 e. The normalized spacial score (nSPS) is 15.8. The monoisotopic (exact) mass is 328 g/mol. The first-order valence-electron chi connectivity index (χ1n) is 8.07. The second-order valence-electron chi connectivity index (χ2n) is 5.94. The number of carbonyl (C=O) groups excluding carboxylic acids is 2. The maximum absolute atomic E-state index is 12.7. The van der Waals surface area contributed by atoms with E-state index in [1.54, 1.807) is 54.0 Å². The average Bonchev–Trinajstić information content (AvgIpc) is 2.77. The molecule has 0 saturated carbocycles. The summed E-state index contributed by atoms with van der Waals surface area (Å²) in [4.78, 5) is 28.6. The van der Waals surface area contributed by atoms with E-state index in [-0.39, 0.29) is 17.6 Å². The van der Waals surface area contributed by atoms with Crippen molar-refractivity contribution < 1.29 is 14.7 Å². The molecule has 0 bridgehead atoms. The Bertz CT molecular complexity index is 719. The summed E-state index contributed by atoms with van der Waals surface area (Å²) in [6.45, 7) is 8.45. The third kappa shape index (κ3) is 3.50. The fraction of sp³-hybridized carbons (Fsp3) is 0.368. The molecular formula is C19H24N2O3. The number of nitrogens with zero attached hydrogens (tertiary/aromatic N) is 2. The molecule has 0 unspecified atom stereocenters. The summed E-state index contributed by atoms with van der Waals surface area (Å²) in [6, 6.07) is 4.93. The van der Waals surface area contributed by atoms with Crippen LogP contribution in [0.1, 0.15) is 33.3 Å². The molecule has 0 spiro atoms. The van der Waals surface area contributed by atoms with Gasteiger partial charge in [0.25, 0.3) is 5.91 Å². The topological polar surface area (TPSA) is 60.9 Å². The zero-order valence-electron chi connectivity index (χ0n) is 14.7. The van der Waals surface area contributed by atoms with Crippen LogP contribution >= 0.6 is 0 Å². The Morgan fingerprint density at radius 1 is 1.04 bits per heavy atom. The Morgan fingerprint density at radius 2 is 1.67 bits per heavy atom. The minimum absolute atomic E-state index is 0.0520. The minimum atomic E-state index is -0.0819. The summed E-state index contributed by atoms with van der Waals surface area (Å²) >= 11 is 0. The number of carbonyl (C=O) groups is 2. The van der Waals surface area contributed by atoms with Gasteiger partial charge < -0.3 is 14.9 Å². The first kappa shape index (κ1) is 17.8. The molecule has 1 aromatic rings. The highest BCUT2D eigenvalue weighted by Crippen LogP contribution is 2.30. The number of hydrogen-bond donors (Lipinski definition) is 1. The standard InChI is InChI=1S/C19H24N2O3/c1-5-13(3)18(23)20-9-10-21(19(24)14(4)6-2)17-8-7-16(22)11-15(17)12-20/h5-8,11,22H,9-10,12H2,1-4H3. The van der Waals surface area contributed by atoms with Crippen LogP contribution in [0.15, 0.2) is 41.5 Å². The fourth-order valence-corrected chi connectivity index (χ4v) is 2.68. The Hall–Kier alpha value is -2.56.